The van der Waals surface area contributed by atoms with Crippen LogP contribution in [0, 0.1) is 29.1 Å². The summed E-state index contributed by atoms with van der Waals surface area (Å²) in [6.45, 7) is 20.2. The molecule has 2 N–H and O–H groups in total. The van der Waals surface area contributed by atoms with Gasteiger partial charge in [-0.3, -0.25) is 28.8 Å². The Morgan fingerprint density at radius 3 is 1.88 bits per heavy atom. The molecule has 0 saturated heterocycles. The molecule has 0 heterocycles. The molecule has 11 atom stereocenters. The SMILES string of the molecule is C=C1[C@H](OC(C)=O)[C@@H](OC(C)=O)[C@@H](OC(C)=O)C(C)(C)/C=C/[C@H](C)C(=O)[C@@]2(O)C[C@@](C)(OC(=O)[C@H](C)CC)[C@H](O)[C@@H]2[C@H]1OC(=O)[C@H](C)CC. The van der Waals surface area contributed by atoms with E-state index in [9.17, 15) is 39.0 Å². The number of ether oxygens (including phenoxy) is 5. The molecule has 0 radical (unpaired) electrons. The van der Waals surface area contributed by atoms with Crippen LogP contribution in [-0.4, -0.2) is 87.6 Å². The Morgan fingerprint density at radius 2 is 1.39 bits per heavy atom. The van der Waals surface area contributed by atoms with Gasteiger partial charge >= 0.3 is 29.8 Å². The second-order valence-corrected chi connectivity index (χ2v) is 14.3. The van der Waals surface area contributed by atoms with Gasteiger partial charge in [-0.05, 0) is 19.8 Å². The number of hydrogen-bond donors (Lipinski definition) is 2. The van der Waals surface area contributed by atoms with E-state index in [0.717, 1.165) is 20.8 Å². The van der Waals surface area contributed by atoms with E-state index >= 15 is 0 Å². The van der Waals surface area contributed by atoms with E-state index in [-0.39, 0.29) is 5.57 Å². The fourth-order valence-corrected chi connectivity index (χ4v) is 6.41. The molecule has 0 spiro atoms. The Morgan fingerprint density at radius 1 is 0.878 bits per heavy atom. The number of Topliss-reactive ketones (excluding diaryl/α,β-unsaturated/α-hetero) is 1. The summed E-state index contributed by atoms with van der Waals surface area (Å²) in [5, 5.41) is 24.5. The number of aliphatic hydroxyl groups is 2. The van der Waals surface area contributed by atoms with Gasteiger partial charge in [0, 0.05) is 44.1 Å². The summed E-state index contributed by atoms with van der Waals surface area (Å²) in [7, 11) is 0. The molecule has 2 aliphatic rings. The molecule has 2 rings (SSSR count). The predicted octanol–water partition coefficient (Wildman–Crippen LogP) is 3.56. The first kappa shape index (κ1) is 41.6. The van der Waals surface area contributed by atoms with Crippen LogP contribution < -0.4 is 0 Å². The first-order chi connectivity index (χ1) is 22.5. The smallest absolute Gasteiger partial charge is 0.309 e. The number of hydrogen-bond acceptors (Lipinski definition) is 13. The predicted molar refractivity (Wildman–Crippen MR) is 175 cm³/mol. The minimum Gasteiger partial charge on any atom is -0.458 e. The summed E-state index contributed by atoms with van der Waals surface area (Å²) in [5.41, 5.74) is -5.89. The molecule has 0 aliphatic heterocycles. The summed E-state index contributed by atoms with van der Waals surface area (Å²) in [5.74, 6) is -8.89. The van der Waals surface area contributed by atoms with E-state index in [0.29, 0.717) is 12.8 Å². The average molecular weight is 695 g/mol. The van der Waals surface area contributed by atoms with Gasteiger partial charge < -0.3 is 33.9 Å². The maximum atomic E-state index is 14.4. The molecule has 0 aromatic rings. The molecule has 1 saturated carbocycles. The van der Waals surface area contributed by atoms with Crippen LogP contribution in [0.4, 0.5) is 0 Å². The number of carbonyl (C=O) groups is 6. The van der Waals surface area contributed by atoms with Crippen molar-refractivity contribution in [3.63, 3.8) is 0 Å². The lowest BCUT2D eigenvalue weighted by Gasteiger charge is -2.43. The molecule has 2 aliphatic carbocycles. The van der Waals surface area contributed by atoms with E-state index in [4.69, 9.17) is 23.7 Å². The highest BCUT2D eigenvalue weighted by Crippen LogP contribution is 2.51. The molecule has 0 bridgehead atoms. The lowest BCUT2D eigenvalue weighted by molar-refractivity contribution is -0.192. The topological polar surface area (TPSA) is 189 Å². The maximum absolute atomic E-state index is 14.4. The van der Waals surface area contributed by atoms with Crippen molar-refractivity contribution in [2.24, 2.45) is 29.1 Å². The third-order valence-corrected chi connectivity index (χ3v) is 9.67. The number of esters is 5. The monoisotopic (exact) mass is 694 g/mol. The minimum atomic E-state index is -2.51. The zero-order valence-corrected chi connectivity index (χ0v) is 30.6. The number of allylic oxidation sites excluding steroid dienone is 1. The first-order valence-electron chi connectivity index (χ1n) is 16.7. The maximum Gasteiger partial charge on any atom is 0.309 e. The molecule has 276 valence electrons. The van der Waals surface area contributed by atoms with Crippen LogP contribution in [0.2, 0.25) is 0 Å². The van der Waals surface area contributed by atoms with Crippen molar-refractivity contribution in [3.05, 3.63) is 24.3 Å². The standard InChI is InChI=1S/C36H54O13/c1-13-18(3)32(42)48-26-21(6)27(45-22(7)37)28(46-23(8)38)31(47-24(9)39)34(10,11)16-15-20(5)29(40)36(44)17-35(12,30(41)25(26)36)49-33(43)19(4)14-2/h15-16,18-20,25-28,30-31,41,44H,6,13-14,17H2,1-5,7-12H3/b16-15+/t18-,19-,20+,25+,26+,27+,28-,30-,31-,35-,36-/m1/s1. The summed E-state index contributed by atoms with van der Waals surface area (Å²) < 4.78 is 28.9. The van der Waals surface area contributed by atoms with E-state index < -0.39 is 113 Å². The van der Waals surface area contributed by atoms with Crippen molar-refractivity contribution >= 4 is 35.6 Å². The van der Waals surface area contributed by atoms with Gasteiger partial charge in [0.1, 0.15) is 23.4 Å². The summed E-state index contributed by atoms with van der Waals surface area (Å²) >= 11 is 0. The molecule has 0 unspecified atom stereocenters. The Kier molecular flexibility index (Phi) is 13.6. The van der Waals surface area contributed by atoms with Crippen LogP contribution in [-0.2, 0) is 52.5 Å². The number of rotatable bonds is 9. The average Bonchev–Trinajstić information content (AvgIpc) is 3.20. The Hall–Kier alpha value is -3.58. The highest BCUT2D eigenvalue weighted by molar-refractivity contribution is 5.92. The quantitative estimate of drug-likeness (QED) is 0.203. The molecule has 1 fully saturated rings. The van der Waals surface area contributed by atoms with Crippen molar-refractivity contribution in [1.29, 1.82) is 0 Å². The molecule has 0 aromatic carbocycles. The van der Waals surface area contributed by atoms with Gasteiger partial charge in [0.15, 0.2) is 24.1 Å². The third-order valence-electron chi connectivity index (χ3n) is 9.67. The van der Waals surface area contributed by atoms with Crippen molar-refractivity contribution in [2.75, 3.05) is 0 Å². The lowest BCUT2D eigenvalue weighted by Crippen LogP contribution is -2.58. The van der Waals surface area contributed by atoms with Gasteiger partial charge in [0.05, 0.1) is 17.8 Å². The number of fused-ring (bicyclic) bond motifs is 1. The molecular weight excluding hydrogens is 640 g/mol. The lowest BCUT2D eigenvalue weighted by atomic mass is 9.72. The van der Waals surface area contributed by atoms with Gasteiger partial charge in [-0.15, -0.1) is 0 Å². The van der Waals surface area contributed by atoms with Crippen LogP contribution in [0.15, 0.2) is 24.3 Å². The fourth-order valence-electron chi connectivity index (χ4n) is 6.41. The van der Waals surface area contributed by atoms with Gasteiger partial charge in [-0.2, -0.15) is 0 Å². The molecular formula is C36H54O13. The van der Waals surface area contributed by atoms with Gasteiger partial charge in [0.25, 0.3) is 0 Å². The molecule has 13 heteroatoms. The zero-order chi connectivity index (χ0) is 37.8. The number of ketones is 1. The second kappa shape index (κ2) is 16.0. The Balaban J connectivity index is 3.08. The molecule has 13 nitrogen and oxygen atoms in total. The van der Waals surface area contributed by atoms with E-state index in [1.165, 1.54) is 19.9 Å². The van der Waals surface area contributed by atoms with Crippen molar-refractivity contribution in [2.45, 2.75) is 137 Å². The largest absolute Gasteiger partial charge is 0.458 e. The van der Waals surface area contributed by atoms with Gasteiger partial charge in [-0.25, -0.2) is 0 Å². The summed E-state index contributed by atoms with van der Waals surface area (Å²) in [6.07, 6.45) is -5.17. The van der Waals surface area contributed by atoms with Gasteiger partial charge in [0.2, 0.25) is 0 Å². The minimum absolute atomic E-state index is 0.295. The summed E-state index contributed by atoms with van der Waals surface area (Å²) in [6, 6.07) is 0. The van der Waals surface area contributed by atoms with Gasteiger partial charge in [-0.1, -0.05) is 67.2 Å². The van der Waals surface area contributed by atoms with Crippen LogP contribution in [0.25, 0.3) is 0 Å². The second-order valence-electron chi connectivity index (χ2n) is 14.3. The van der Waals surface area contributed by atoms with E-state index in [1.54, 1.807) is 47.6 Å². The van der Waals surface area contributed by atoms with Crippen LogP contribution in [0.1, 0.15) is 95.4 Å². The normalized spacial score (nSPS) is 34.9. The third kappa shape index (κ3) is 9.16. The van der Waals surface area contributed by atoms with Crippen LogP contribution in [0.5, 0.6) is 0 Å². The van der Waals surface area contributed by atoms with Crippen LogP contribution >= 0.6 is 0 Å². The van der Waals surface area contributed by atoms with E-state index in [1.807, 2.05) is 0 Å². The summed E-state index contributed by atoms with van der Waals surface area (Å²) in [4.78, 5) is 78.7. The van der Waals surface area contributed by atoms with Crippen molar-refractivity contribution in [1.82, 2.24) is 0 Å². The first-order valence-corrected chi connectivity index (χ1v) is 16.7. The highest BCUT2D eigenvalue weighted by atomic mass is 16.6. The fraction of sp³-hybridized carbons (Fsp3) is 0.722. The van der Waals surface area contributed by atoms with Crippen molar-refractivity contribution in [3.8, 4) is 0 Å². The molecule has 0 aromatic heterocycles. The van der Waals surface area contributed by atoms with Crippen LogP contribution in [0.3, 0.4) is 0 Å². The molecule has 49 heavy (non-hydrogen) atoms. The zero-order valence-electron chi connectivity index (χ0n) is 30.6. The number of aliphatic hydroxyl groups excluding tert-OH is 1. The van der Waals surface area contributed by atoms with Crippen molar-refractivity contribution < 1.29 is 62.7 Å². The Labute approximate surface area is 288 Å². The number of carbonyl (C=O) groups excluding carboxylic acids is 6. The molecule has 0 amide bonds. The Bertz CT molecular complexity index is 1330. The highest BCUT2D eigenvalue weighted by Gasteiger charge is 2.68. The van der Waals surface area contributed by atoms with E-state index in [2.05, 4.69) is 6.58 Å².